The molecule has 0 aromatic heterocycles. The molecule has 15 heteroatoms. The zero-order chi connectivity index (χ0) is 65.7. The van der Waals surface area contributed by atoms with Gasteiger partial charge >= 0.3 is 41.8 Å². The van der Waals surface area contributed by atoms with Crippen LogP contribution in [0.3, 0.4) is 0 Å². The largest absolute Gasteiger partial charge is 0.465 e. The lowest BCUT2D eigenvalue weighted by Gasteiger charge is -2.35. The second kappa shape index (κ2) is 60.8. The first-order valence-corrected chi connectivity index (χ1v) is 36.2. The van der Waals surface area contributed by atoms with Crippen molar-refractivity contribution in [3.8, 4) is 0 Å². The molecule has 0 saturated heterocycles. The number of unbranched alkanes of at least 4 members (excludes halogenated alkanes) is 27. The van der Waals surface area contributed by atoms with E-state index in [0.29, 0.717) is 51.4 Å². The average Bonchev–Trinajstić information content (AvgIpc) is 3.72. The summed E-state index contributed by atoms with van der Waals surface area (Å²) in [5, 5.41) is 0. The minimum atomic E-state index is -1.08. The fourth-order valence-electron chi connectivity index (χ4n) is 9.94. The van der Waals surface area contributed by atoms with E-state index in [9.17, 15) is 33.6 Å². The predicted molar refractivity (Wildman–Crippen MR) is 355 cm³/mol. The fourth-order valence-corrected chi connectivity index (χ4v) is 9.94. The summed E-state index contributed by atoms with van der Waals surface area (Å²) in [6.07, 6.45) is 39.9. The van der Waals surface area contributed by atoms with Crippen LogP contribution in [-0.2, 0) is 71.5 Å². The van der Waals surface area contributed by atoms with Gasteiger partial charge in [0.1, 0.15) is 39.6 Å². The van der Waals surface area contributed by atoms with Crippen molar-refractivity contribution in [2.45, 2.75) is 352 Å². The van der Waals surface area contributed by atoms with Gasteiger partial charge in [0.15, 0.2) is 0 Å². The van der Waals surface area contributed by atoms with Crippen molar-refractivity contribution in [3.63, 3.8) is 0 Å². The molecule has 0 aliphatic carbocycles. The molecule has 15 nitrogen and oxygen atoms in total. The van der Waals surface area contributed by atoms with Crippen molar-refractivity contribution in [1.82, 2.24) is 0 Å². The predicted octanol–water partition coefficient (Wildman–Crippen LogP) is 19.1. The van der Waals surface area contributed by atoms with Gasteiger partial charge in [-0.2, -0.15) is 0 Å². The molecule has 0 bridgehead atoms. The second-order valence-corrected chi connectivity index (χ2v) is 25.5. The van der Waals surface area contributed by atoms with E-state index in [0.717, 1.165) is 173 Å². The van der Waals surface area contributed by atoms with Crippen molar-refractivity contribution in [2.75, 3.05) is 59.5 Å². The summed E-state index contributed by atoms with van der Waals surface area (Å²) in [6.45, 7) is 21.6. The molecule has 0 heterocycles. The van der Waals surface area contributed by atoms with E-state index >= 15 is 0 Å². The maximum atomic E-state index is 12.8. The standard InChI is InChI=1S/C40H74O9.C33H62O6/c1-7-13-17-21-25-35(41)46-31-39(11-5,12-6)29-45-30-40(32-47-36(42)26-22-18-14-8-2,33-48-37(43)27-23-19-15-9-3)34-49-38(44)28-24-20-16-10-4;1-5-9-12-15-18-21-24-30(34)37-27-33(8-4,28-38-31(35)25-22-19-16-13-10-6-2)29-39-32(36)26-23-20-17-14-11-7-3/h7-34H2,1-6H3;5-29H2,1-4H3. The molecule has 518 valence electrons. The van der Waals surface area contributed by atoms with Crippen molar-refractivity contribution in [2.24, 2.45) is 16.2 Å². The molecule has 0 amide bonds. The Morgan fingerprint density at radius 2 is 0.352 bits per heavy atom. The molecule has 0 aromatic carbocycles. The molecule has 0 N–H and O–H groups in total. The molecule has 0 rings (SSSR count). The molecule has 0 aliphatic heterocycles. The van der Waals surface area contributed by atoms with E-state index in [1.54, 1.807) is 0 Å². The van der Waals surface area contributed by atoms with Gasteiger partial charge in [-0.1, -0.05) is 243 Å². The Kier molecular flexibility index (Phi) is 59.6. The average molecular weight is 1250 g/mol. The SMILES string of the molecule is CCCCCCC(=O)OCC(CC)(CC)COCC(COC(=O)CCCCCC)(COC(=O)CCCCCC)COC(=O)CCCCCC.CCCCCCCCC(=O)OCC(CC)(COC(=O)CCCCCCCC)COC(=O)CCCCCCCC. The van der Waals surface area contributed by atoms with Gasteiger partial charge in [-0.15, -0.1) is 0 Å². The van der Waals surface area contributed by atoms with Crippen LogP contribution in [0.15, 0.2) is 0 Å². The third-order valence-corrected chi connectivity index (χ3v) is 17.0. The summed E-state index contributed by atoms with van der Waals surface area (Å²) < 4.78 is 46.3. The van der Waals surface area contributed by atoms with Crippen LogP contribution in [0.4, 0.5) is 0 Å². The van der Waals surface area contributed by atoms with E-state index in [4.69, 9.17) is 37.9 Å². The number of ether oxygens (including phenoxy) is 8. The van der Waals surface area contributed by atoms with Gasteiger partial charge in [-0.05, 0) is 64.2 Å². The Balaban J connectivity index is 0. The van der Waals surface area contributed by atoms with E-state index in [2.05, 4.69) is 62.3 Å². The van der Waals surface area contributed by atoms with Crippen LogP contribution in [0.2, 0.25) is 0 Å². The van der Waals surface area contributed by atoms with E-state index < -0.39 is 16.2 Å². The molecule has 0 atom stereocenters. The monoisotopic (exact) mass is 1250 g/mol. The maximum Gasteiger partial charge on any atom is 0.305 e. The lowest BCUT2D eigenvalue weighted by molar-refractivity contribution is -0.170. The summed E-state index contributed by atoms with van der Waals surface area (Å²) in [5.74, 6) is -1.90. The Bertz CT molecular complexity index is 1550. The van der Waals surface area contributed by atoms with Crippen LogP contribution < -0.4 is 0 Å². The first-order valence-electron chi connectivity index (χ1n) is 36.2. The normalized spacial score (nSPS) is 11.6. The topological polar surface area (TPSA) is 193 Å². The van der Waals surface area contributed by atoms with Gasteiger partial charge in [-0.25, -0.2) is 0 Å². The van der Waals surface area contributed by atoms with Gasteiger partial charge in [0.2, 0.25) is 0 Å². The fraction of sp³-hybridized carbons (Fsp3) is 0.904. The quantitative estimate of drug-likeness (QED) is 0.0317. The van der Waals surface area contributed by atoms with Crippen LogP contribution in [0.25, 0.3) is 0 Å². The minimum absolute atomic E-state index is 0.0368. The molecular weight excluding hydrogens is 1120 g/mol. The Morgan fingerprint density at radius 3 is 0.557 bits per heavy atom. The molecule has 0 aromatic rings. The number of carbonyl (C=O) groups is 7. The zero-order valence-electron chi connectivity index (χ0n) is 58.6. The Hall–Kier alpha value is -3.75. The summed E-state index contributed by atoms with van der Waals surface area (Å²) in [6, 6.07) is 0. The third kappa shape index (κ3) is 50.9. The summed E-state index contributed by atoms with van der Waals surface area (Å²) >= 11 is 0. The number of hydrogen-bond acceptors (Lipinski definition) is 15. The van der Waals surface area contributed by atoms with Crippen LogP contribution in [0.1, 0.15) is 352 Å². The maximum absolute atomic E-state index is 12.8. The molecule has 0 radical (unpaired) electrons. The minimum Gasteiger partial charge on any atom is -0.465 e. The second-order valence-electron chi connectivity index (χ2n) is 25.5. The number of esters is 7. The highest BCUT2D eigenvalue weighted by molar-refractivity contribution is 5.72. The highest BCUT2D eigenvalue weighted by Crippen LogP contribution is 2.31. The van der Waals surface area contributed by atoms with Crippen molar-refractivity contribution < 1.29 is 71.5 Å². The Morgan fingerprint density at radius 1 is 0.193 bits per heavy atom. The van der Waals surface area contributed by atoms with Gasteiger partial charge in [-0.3, -0.25) is 33.6 Å². The summed E-state index contributed by atoms with van der Waals surface area (Å²) in [4.78, 5) is 88.2. The number of carbonyl (C=O) groups excluding carboxylic acids is 7. The smallest absolute Gasteiger partial charge is 0.305 e. The molecule has 88 heavy (non-hydrogen) atoms. The van der Waals surface area contributed by atoms with Crippen LogP contribution in [0, 0.1) is 16.2 Å². The van der Waals surface area contributed by atoms with Crippen LogP contribution in [-0.4, -0.2) is 101 Å². The first-order chi connectivity index (χ1) is 42.6. The Labute approximate surface area is 538 Å². The number of hydrogen-bond donors (Lipinski definition) is 0. The van der Waals surface area contributed by atoms with Gasteiger partial charge in [0.05, 0.1) is 30.7 Å². The van der Waals surface area contributed by atoms with Crippen LogP contribution >= 0.6 is 0 Å². The summed E-state index contributed by atoms with van der Waals surface area (Å²) in [7, 11) is 0. The molecule has 0 spiro atoms. The molecule has 0 saturated carbocycles. The molecular formula is C73H136O15. The third-order valence-electron chi connectivity index (χ3n) is 17.0. The highest BCUT2D eigenvalue weighted by Gasteiger charge is 2.39. The lowest BCUT2D eigenvalue weighted by Crippen LogP contribution is -2.44. The van der Waals surface area contributed by atoms with Crippen molar-refractivity contribution >= 4 is 41.8 Å². The van der Waals surface area contributed by atoms with E-state index in [-0.39, 0.29) is 101 Å². The summed E-state index contributed by atoms with van der Waals surface area (Å²) in [5.41, 5.74) is -2.21. The van der Waals surface area contributed by atoms with Gasteiger partial charge in [0, 0.05) is 50.4 Å². The van der Waals surface area contributed by atoms with E-state index in [1.807, 2.05) is 6.92 Å². The molecule has 0 aliphatic rings. The first kappa shape index (κ1) is 86.3. The van der Waals surface area contributed by atoms with Gasteiger partial charge < -0.3 is 37.9 Å². The van der Waals surface area contributed by atoms with Crippen molar-refractivity contribution in [1.29, 1.82) is 0 Å². The van der Waals surface area contributed by atoms with Crippen LogP contribution in [0.5, 0.6) is 0 Å². The van der Waals surface area contributed by atoms with E-state index in [1.165, 1.54) is 57.8 Å². The molecule has 0 unspecified atom stereocenters. The van der Waals surface area contributed by atoms with Gasteiger partial charge in [0.25, 0.3) is 0 Å². The lowest BCUT2D eigenvalue weighted by atomic mass is 9.84. The zero-order valence-corrected chi connectivity index (χ0v) is 58.6. The van der Waals surface area contributed by atoms with Crippen molar-refractivity contribution in [3.05, 3.63) is 0 Å². The molecule has 0 fully saturated rings. The highest BCUT2D eigenvalue weighted by atomic mass is 16.6. The number of rotatable bonds is 62.